The molecule has 0 N–H and O–H groups in total. The minimum absolute atomic E-state index is 1.11. The van der Waals surface area contributed by atoms with Crippen LogP contribution in [0.25, 0.3) is 93.9 Å². The minimum Gasteiger partial charge on any atom is -0.310 e. The van der Waals surface area contributed by atoms with E-state index in [1.165, 1.54) is 93.9 Å². The Labute approximate surface area is 499 Å². The second-order valence-electron chi connectivity index (χ2n) is 21.2. The fourth-order valence-electron chi connectivity index (χ4n) is 12.3. The van der Waals surface area contributed by atoms with Crippen LogP contribution in [0.1, 0.15) is 0 Å². The minimum atomic E-state index is 1.11. The quantitative estimate of drug-likeness (QED) is 0.121. The molecular formula is C78H51N3S3. The summed E-state index contributed by atoms with van der Waals surface area (Å²) in [7, 11) is 0. The first kappa shape index (κ1) is 49.7. The van der Waals surface area contributed by atoms with Gasteiger partial charge in [0.2, 0.25) is 0 Å². The van der Waals surface area contributed by atoms with Crippen LogP contribution in [0.15, 0.2) is 309 Å². The van der Waals surface area contributed by atoms with Crippen molar-refractivity contribution in [3.05, 3.63) is 309 Å². The number of fused-ring (bicyclic) bond motifs is 9. The second-order valence-corrected chi connectivity index (χ2v) is 24.4. The van der Waals surface area contributed by atoms with Crippen LogP contribution in [0.2, 0.25) is 0 Å². The van der Waals surface area contributed by atoms with Gasteiger partial charge in [0.05, 0.1) is 17.1 Å². The predicted molar refractivity (Wildman–Crippen MR) is 365 cm³/mol. The lowest BCUT2D eigenvalue weighted by atomic mass is 10.0. The van der Waals surface area contributed by atoms with Crippen molar-refractivity contribution in [2.75, 3.05) is 14.7 Å². The number of hydrogen-bond donors (Lipinski definition) is 0. The molecule has 16 aromatic rings. The highest BCUT2D eigenvalue weighted by Crippen LogP contribution is 2.52. The van der Waals surface area contributed by atoms with Crippen LogP contribution in [-0.4, -0.2) is 0 Å². The fourth-order valence-corrected chi connectivity index (χ4v) is 16.0. The number of anilines is 9. The van der Waals surface area contributed by atoms with E-state index in [9.17, 15) is 0 Å². The lowest BCUT2D eigenvalue weighted by Gasteiger charge is -2.27. The first-order valence-corrected chi connectivity index (χ1v) is 30.8. The van der Waals surface area contributed by atoms with Gasteiger partial charge in [0.25, 0.3) is 0 Å². The lowest BCUT2D eigenvalue weighted by Crippen LogP contribution is -2.10. The van der Waals surface area contributed by atoms with Gasteiger partial charge in [0, 0.05) is 95.2 Å². The standard InChI is InChI=1S/C78H51N3S3/c1-4-25-58(26-5-1)79(70-34-16-22-52-19-10-13-31-64(52)70)61-43-37-55(38-44-61)73-49-67-76(82-73)68-50-74(56-39-45-62(46-40-56)80(59-27-6-2-7-28-59)71-35-17-23-53-20-11-14-32-65(53)71)84-78(68)69-51-75(83-77(67)69)57-41-47-63(48-42-57)81(60-29-8-3-9-30-60)72-36-18-24-54-21-12-15-33-66(54)72/h1-51H. The monoisotopic (exact) mass is 1130 g/mol. The van der Waals surface area contributed by atoms with Crippen LogP contribution in [0.5, 0.6) is 0 Å². The van der Waals surface area contributed by atoms with Crippen LogP contribution in [0, 0.1) is 0 Å². The van der Waals surface area contributed by atoms with Gasteiger partial charge in [-0.05, 0) is 142 Å². The van der Waals surface area contributed by atoms with Crippen LogP contribution < -0.4 is 14.7 Å². The average Bonchev–Trinajstić information content (AvgIpc) is 2.26. The number of para-hydroxylation sites is 3. The van der Waals surface area contributed by atoms with Gasteiger partial charge in [0.1, 0.15) is 0 Å². The largest absolute Gasteiger partial charge is 0.310 e. The molecule has 0 bridgehead atoms. The summed E-state index contributed by atoms with van der Waals surface area (Å²) in [5, 5.41) is 11.2. The van der Waals surface area contributed by atoms with E-state index >= 15 is 0 Å². The van der Waals surface area contributed by atoms with E-state index < -0.39 is 0 Å². The summed E-state index contributed by atoms with van der Waals surface area (Å²) in [5.74, 6) is 0. The molecule has 84 heavy (non-hydrogen) atoms. The molecule has 0 aliphatic heterocycles. The van der Waals surface area contributed by atoms with Crippen molar-refractivity contribution in [3.8, 4) is 31.3 Å². The highest BCUT2D eigenvalue weighted by Gasteiger charge is 2.23. The highest BCUT2D eigenvalue weighted by molar-refractivity contribution is 7.29. The van der Waals surface area contributed by atoms with E-state index in [0.29, 0.717) is 0 Å². The fraction of sp³-hybridized carbons (Fsp3) is 0. The summed E-state index contributed by atoms with van der Waals surface area (Å²) >= 11 is 5.73. The first-order chi connectivity index (χ1) is 41.6. The van der Waals surface area contributed by atoms with E-state index in [4.69, 9.17) is 0 Å². The molecule has 396 valence electrons. The Morgan fingerprint density at radius 2 is 0.429 bits per heavy atom. The number of benzene rings is 13. The Hall–Kier alpha value is -10.1. The molecule has 0 unspecified atom stereocenters. The molecule has 3 heterocycles. The zero-order chi connectivity index (χ0) is 55.5. The van der Waals surface area contributed by atoms with Gasteiger partial charge in [-0.2, -0.15) is 0 Å². The summed E-state index contributed by atoms with van der Waals surface area (Å²) in [4.78, 5) is 10.9. The van der Waals surface area contributed by atoms with E-state index in [1.807, 2.05) is 34.0 Å². The molecule has 0 saturated carbocycles. The molecule has 13 aromatic carbocycles. The topological polar surface area (TPSA) is 9.72 Å². The molecule has 16 rings (SSSR count). The van der Waals surface area contributed by atoms with Gasteiger partial charge < -0.3 is 14.7 Å². The van der Waals surface area contributed by atoms with E-state index in [0.717, 1.165) is 51.2 Å². The SMILES string of the molecule is c1ccc(N(c2ccc(-c3cc4c(s3)c3cc(-c5ccc(N(c6ccccc6)c6cccc7ccccc67)cc5)sc3c3cc(-c5ccc(N(c6ccccc6)c6cccc7ccccc67)cc5)sc43)cc2)c2cccc3ccccc23)cc1. The zero-order valence-electron chi connectivity index (χ0n) is 45.5. The van der Waals surface area contributed by atoms with Crippen molar-refractivity contribution in [2.45, 2.75) is 0 Å². The molecule has 0 fully saturated rings. The summed E-state index contributed by atoms with van der Waals surface area (Å²) in [6, 6.07) is 113. The van der Waals surface area contributed by atoms with Gasteiger partial charge in [0.15, 0.2) is 0 Å². The van der Waals surface area contributed by atoms with Crippen LogP contribution in [0.4, 0.5) is 51.2 Å². The Bertz CT molecular complexity index is 4440. The van der Waals surface area contributed by atoms with E-state index in [1.54, 1.807) is 0 Å². The number of thiophene rings is 3. The van der Waals surface area contributed by atoms with E-state index in [-0.39, 0.29) is 0 Å². The van der Waals surface area contributed by atoms with Crippen molar-refractivity contribution < 1.29 is 0 Å². The molecule has 0 aliphatic carbocycles. The molecule has 0 aliphatic rings. The van der Waals surface area contributed by atoms with Crippen LogP contribution in [0.3, 0.4) is 0 Å². The summed E-state index contributed by atoms with van der Waals surface area (Å²) in [5.41, 5.74) is 13.8. The van der Waals surface area contributed by atoms with Gasteiger partial charge in [-0.15, -0.1) is 34.0 Å². The zero-order valence-corrected chi connectivity index (χ0v) is 48.0. The molecule has 0 amide bonds. The Morgan fingerprint density at radius 3 is 0.714 bits per heavy atom. The lowest BCUT2D eigenvalue weighted by molar-refractivity contribution is 1.30. The maximum absolute atomic E-state index is 2.46. The normalized spacial score (nSPS) is 11.6. The van der Waals surface area contributed by atoms with Crippen molar-refractivity contribution in [3.63, 3.8) is 0 Å². The van der Waals surface area contributed by atoms with Crippen LogP contribution >= 0.6 is 34.0 Å². The van der Waals surface area contributed by atoms with Crippen molar-refractivity contribution in [1.29, 1.82) is 0 Å². The van der Waals surface area contributed by atoms with E-state index in [2.05, 4.69) is 324 Å². The maximum atomic E-state index is 2.46. The number of hydrogen-bond acceptors (Lipinski definition) is 6. The molecule has 3 nitrogen and oxygen atoms in total. The smallest absolute Gasteiger partial charge is 0.0540 e. The maximum Gasteiger partial charge on any atom is 0.0540 e. The Balaban J connectivity index is 0.820. The Morgan fingerprint density at radius 1 is 0.190 bits per heavy atom. The number of nitrogens with zero attached hydrogens (tertiary/aromatic N) is 3. The van der Waals surface area contributed by atoms with Gasteiger partial charge in [-0.1, -0.05) is 200 Å². The van der Waals surface area contributed by atoms with Gasteiger partial charge >= 0.3 is 0 Å². The molecule has 0 atom stereocenters. The van der Waals surface area contributed by atoms with Crippen LogP contribution in [-0.2, 0) is 0 Å². The molecular weight excluding hydrogens is 1080 g/mol. The van der Waals surface area contributed by atoms with Crippen molar-refractivity contribution in [1.82, 2.24) is 0 Å². The average molecular weight is 1130 g/mol. The third-order valence-corrected chi connectivity index (χ3v) is 19.9. The summed E-state index contributed by atoms with van der Waals surface area (Å²) in [6.45, 7) is 0. The number of rotatable bonds is 12. The summed E-state index contributed by atoms with van der Waals surface area (Å²) < 4.78 is 3.96. The molecule has 0 radical (unpaired) electrons. The van der Waals surface area contributed by atoms with Crippen molar-refractivity contribution >= 4 is 148 Å². The predicted octanol–water partition coefficient (Wildman–Crippen LogP) is 24.2. The molecule has 3 aromatic heterocycles. The first-order valence-electron chi connectivity index (χ1n) is 28.4. The molecule has 0 spiro atoms. The Kier molecular flexibility index (Phi) is 12.4. The third kappa shape index (κ3) is 8.78. The van der Waals surface area contributed by atoms with Crippen molar-refractivity contribution in [2.24, 2.45) is 0 Å². The van der Waals surface area contributed by atoms with Gasteiger partial charge in [-0.3, -0.25) is 0 Å². The molecule has 6 heteroatoms. The third-order valence-electron chi connectivity index (χ3n) is 16.2. The second kappa shape index (κ2) is 21.0. The molecule has 0 saturated heterocycles. The highest BCUT2D eigenvalue weighted by atomic mass is 32.1. The van der Waals surface area contributed by atoms with Gasteiger partial charge in [-0.25, -0.2) is 0 Å². The summed E-state index contributed by atoms with van der Waals surface area (Å²) in [6.07, 6.45) is 0.